The molecule has 2 atom stereocenters. The van der Waals surface area contributed by atoms with E-state index in [0.717, 1.165) is 28.6 Å². The molecule has 24 heavy (non-hydrogen) atoms. The second kappa shape index (κ2) is 7.29. The second-order valence-electron chi connectivity index (χ2n) is 5.71. The maximum absolute atomic E-state index is 12.3. The first kappa shape index (κ1) is 16.9. The summed E-state index contributed by atoms with van der Waals surface area (Å²) in [4.78, 5) is 12.3. The zero-order valence-electron chi connectivity index (χ0n) is 13.6. The number of aryl methyl sites for hydroxylation is 2. The molecule has 3 rings (SSSR count). The number of carbonyl (C=O) groups excluding carboxylic acids is 1. The lowest BCUT2D eigenvalue weighted by Gasteiger charge is -2.32. The van der Waals surface area contributed by atoms with Gasteiger partial charge in [-0.1, -0.05) is 5.16 Å². The molecule has 3 N–H and O–H groups in total. The highest BCUT2D eigenvalue weighted by Gasteiger charge is 2.29. The van der Waals surface area contributed by atoms with Gasteiger partial charge in [-0.15, -0.1) is 0 Å². The molecule has 9 heteroatoms. The van der Waals surface area contributed by atoms with Gasteiger partial charge in [0.1, 0.15) is 11.6 Å². The number of nitrogens with one attached hydrogen (secondary N) is 1. The number of carbonyl (C=O) groups is 1. The fraction of sp³-hybridized carbons (Fsp3) is 0.533. The van der Waals surface area contributed by atoms with Gasteiger partial charge in [0.15, 0.2) is 0 Å². The molecule has 0 spiro atoms. The van der Waals surface area contributed by atoms with Crippen molar-refractivity contribution >= 4 is 23.3 Å². The van der Waals surface area contributed by atoms with Crippen molar-refractivity contribution in [3.05, 3.63) is 28.0 Å². The molecule has 0 saturated carbocycles. The molecule has 8 nitrogen and oxygen atoms in total. The molecule has 3 heterocycles. The van der Waals surface area contributed by atoms with Crippen LogP contribution in [-0.4, -0.2) is 40.8 Å². The van der Waals surface area contributed by atoms with Gasteiger partial charge in [0, 0.05) is 17.6 Å². The molecule has 1 aliphatic rings. The predicted octanol–water partition coefficient (Wildman–Crippen LogP) is 1.43. The van der Waals surface area contributed by atoms with Gasteiger partial charge in [-0.2, -0.15) is 4.37 Å². The van der Waals surface area contributed by atoms with Gasteiger partial charge in [0.2, 0.25) is 0 Å². The van der Waals surface area contributed by atoms with Crippen molar-refractivity contribution < 1.29 is 18.8 Å². The lowest BCUT2D eigenvalue weighted by Crippen LogP contribution is -2.50. The first-order valence-electron chi connectivity index (χ1n) is 7.68. The van der Waals surface area contributed by atoms with E-state index in [1.54, 1.807) is 5.38 Å². The Morgan fingerprint density at radius 1 is 1.54 bits per heavy atom. The highest BCUT2D eigenvalue weighted by atomic mass is 32.1. The summed E-state index contributed by atoms with van der Waals surface area (Å²) >= 11 is 1.15. The molecule has 2 aromatic rings. The molecule has 1 aliphatic heterocycles. The first-order chi connectivity index (χ1) is 11.6. The zero-order chi connectivity index (χ0) is 17.1. The number of nitrogens with zero attached hydrogens (tertiary/aromatic N) is 2. The summed E-state index contributed by atoms with van der Waals surface area (Å²) < 4.78 is 20.5. The number of amides is 1. The Morgan fingerprint density at radius 2 is 2.38 bits per heavy atom. The fourth-order valence-electron chi connectivity index (χ4n) is 2.61. The van der Waals surface area contributed by atoms with Crippen molar-refractivity contribution in [2.75, 3.05) is 18.9 Å². The van der Waals surface area contributed by atoms with Crippen LogP contribution < -0.4 is 11.1 Å². The summed E-state index contributed by atoms with van der Waals surface area (Å²) in [6, 6.07) is -0.244. The molecule has 0 bridgehead atoms. The predicted molar refractivity (Wildman–Crippen MR) is 87.8 cm³/mol. The van der Waals surface area contributed by atoms with E-state index in [1.165, 1.54) is 0 Å². The van der Waals surface area contributed by atoms with E-state index in [4.69, 9.17) is 19.7 Å². The smallest absolute Gasteiger partial charge is 0.256 e. The van der Waals surface area contributed by atoms with Crippen molar-refractivity contribution in [3.63, 3.8) is 0 Å². The van der Waals surface area contributed by atoms with Crippen LogP contribution in [0.15, 0.2) is 9.90 Å². The Bertz CT molecular complexity index is 695. The normalized spacial score (nSPS) is 20.9. The summed E-state index contributed by atoms with van der Waals surface area (Å²) in [6.07, 6.45) is 0.551. The summed E-state index contributed by atoms with van der Waals surface area (Å²) in [5.41, 5.74) is 7.84. The zero-order valence-corrected chi connectivity index (χ0v) is 14.4. The van der Waals surface area contributed by atoms with Crippen molar-refractivity contribution in [1.29, 1.82) is 0 Å². The number of rotatable bonds is 5. The van der Waals surface area contributed by atoms with Crippen LogP contribution in [0.5, 0.6) is 0 Å². The second-order valence-corrected chi connectivity index (χ2v) is 6.34. The Balaban J connectivity index is 1.63. The number of ether oxygens (including phenoxy) is 2. The van der Waals surface area contributed by atoms with E-state index in [2.05, 4.69) is 14.8 Å². The van der Waals surface area contributed by atoms with Crippen LogP contribution in [0.4, 0.5) is 5.82 Å². The fourth-order valence-corrected chi connectivity index (χ4v) is 3.21. The Hall–Kier alpha value is -1.97. The molecule has 0 aromatic carbocycles. The van der Waals surface area contributed by atoms with Crippen molar-refractivity contribution in [1.82, 2.24) is 14.8 Å². The van der Waals surface area contributed by atoms with E-state index < -0.39 is 0 Å². The average molecular weight is 352 g/mol. The molecule has 1 saturated heterocycles. The van der Waals surface area contributed by atoms with Crippen molar-refractivity contribution in [2.24, 2.45) is 0 Å². The van der Waals surface area contributed by atoms with Gasteiger partial charge in [-0.3, -0.25) is 4.79 Å². The van der Waals surface area contributed by atoms with Crippen LogP contribution in [-0.2, 0) is 16.1 Å². The standard InChI is InChI=1S/C15H20N4O4S/c1-8-10(9(2)23-18-8)5-22-13-3-4-21-6-12(13)17-15(20)11-7-24-19-14(11)16/h7,12-13H,3-6H2,1-2H3,(H2,16,19)(H,17,20)/t12-,13+/m0/s1. The highest BCUT2D eigenvalue weighted by Crippen LogP contribution is 2.19. The largest absolute Gasteiger partial charge is 0.382 e. The number of anilines is 1. The number of aromatic nitrogens is 2. The number of hydrogen-bond donors (Lipinski definition) is 2. The average Bonchev–Trinajstić information content (AvgIpc) is 3.13. The van der Waals surface area contributed by atoms with Crippen molar-refractivity contribution in [3.8, 4) is 0 Å². The van der Waals surface area contributed by atoms with E-state index in [9.17, 15) is 4.79 Å². The molecule has 0 aliphatic carbocycles. The molecule has 0 radical (unpaired) electrons. The highest BCUT2D eigenvalue weighted by molar-refractivity contribution is 7.04. The Morgan fingerprint density at radius 3 is 3.04 bits per heavy atom. The van der Waals surface area contributed by atoms with Gasteiger partial charge < -0.3 is 25.0 Å². The topological polar surface area (TPSA) is 112 Å². The number of nitrogens with two attached hydrogens (primary N) is 1. The lowest BCUT2D eigenvalue weighted by molar-refractivity contribution is -0.0608. The molecular formula is C15H20N4O4S. The maximum Gasteiger partial charge on any atom is 0.256 e. The van der Waals surface area contributed by atoms with Crippen LogP contribution >= 0.6 is 11.5 Å². The van der Waals surface area contributed by atoms with Crippen LogP contribution in [0, 0.1) is 13.8 Å². The minimum absolute atomic E-state index is 0.149. The molecule has 1 amide bonds. The summed E-state index contributed by atoms with van der Waals surface area (Å²) in [5, 5.41) is 8.48. The quantitative estimate of drug-likeness (QED) is 0.837. The van der Waals surface area contributed by atoms with Gasteiger partial charge >= 0.3 is 0 Å². The molecule has 2 aromatic heterocycles. The Kier molecular flexibility index (Phi) is 5.12. The van der Waals surface area contributed by atoms with E-state index in [1.807, 2.05) is 13.8 Å². The van der Waals surface area contributed by atoms with Crippen LogP contribution in [0.2, 0.25) is 0 Å². The summed E-state index contributed by atoms with van der Waals surface area (Å²) in [6.45, 7) is 5.12. The molecular weight excluding hydrogens is 332 g/mol. The first-order valence-corrected chi connectivity index (χ1v) is 8.51. The summed E-state index contributed by atoms with van der Waals surface area (Å²) in [7, 11) is 0. The van der Waals surface area contributed by atoms with Crippen molar-refractivity contribution in [2.45, 2.75) is 39.0 Å². The molecule has 1 fully saturated rings. The third-order valence-electron chi connectivity index (χ3n) is 4.07. The van der Waals surface area contributed by atoms with Gasteiger partial charge in [-0.05, 0) is 31.8 Å². The van der Waals surface area contributed by atoms with Crippen LogP contribution in [0.25, 0.3) is 0 Å². The van der Waals surface area contributed by atoms with E-state index >= 15 is 0 Å². The van der Waals surface area contributed by atoms with E-state index in [0.29, 0.717) is 31.8 Å². The minimum Gasteiger partial charge on any atom is -0.382 e. The van der Waals surface area contributed by atoms with Gasteiger partial charge in [-0.25, -0.2) is 0 Å². The monoisotopic (exact) mass is 352 g/mol. The third kappa shape index (κ3) is 3.58. The van der Waals surface area contributed by atoms with Gasteiger partial charge in [0.05, 0.1) is 36.6 Å². The maximum atomic E-state index is 12.3. The van der Waals surface area contributed by atoms with E-state index in [-0.39, 0.29) is 23.9 Å². The van der Waals surface area contributed by atoms with Gasteiger partial charge in [0.25, 0.3) is 5.91 Å². The SMILES string of the molecule is Cc1noc(C)c1CO[C@@H]1CCOC[C@@H]1NC(=O)c1csnc1N. The number of nitrogen functional groups attached to an aromatic ring is 1. The number of hydrogen-bond acceptors (Lipinski definition) is 8. The Labute approximate surface area is 143 Å². The minimum atomic E-state index is -0.261. The molecule has 0 unspecified atom stereocenters. The summed E-state index contributed by atoms with van der Waals surface area (Å²) in [5.74, 6) is 0.724. The molecule has 130 valence electrons. The van der Waals surface area contributed by atoms with Crippen LogP contribution in [0.1, 0.15) is 33.8 Å². The third-order valence-corrected chi connectivity index (χ3v) is 4.72. The lowest BCUT2D eigenvalue weighted by atomic mass is 10.1. The van der Waals surface area contributed by atoms with Crippen LogP contribution in [0.3, 0.4) is 0 Å².